The summed E-state index contributed by atoms with van der Waals surface area (Å²) in [5, 5.41) is -0.195. The van der Waals surface area contributed by atoms with Crippen LogP contribution < -0.4 is 0 Å². The maximum absolute atomic E-state index is 12.5. The van der Waals surface area contributed by atoms with Crippen LogP contribution in [0.15, 0.2) is 29.2 Å². The highest BCUT2D eigenvalue weighted by Crippen LogP contribution is 2.33. The van der Waals surface area contributed by atoms with E-state index in [2.05, 4.69) is 22.6 Å². The molecule has 0 heterocycles. The van der Waals surface area contributed by atoms with E-state index >= 15 is 0 Å². The summed E-state index contributed by atoms with van der Waals surface area (Å²) < 4.78 is 25.3. The summed E-state index contributed by atoms with van der Waals surface area (Å²) in [6.07, 6.45) is 4.03. The van der Waals surface area contributed by atoms with Crippen molar-refractivity contribution in [3.63, 3.8) is 0 Å². The maximum atomic E-state index is 12.5. The molecule has 1 aromatic rings. The average molecular weight is 364 g/mol. The number of alkyl halides is 1. The van der Waals surface area contributed by atoms with Crippen LogP contribution in [-0.2, 0) is 9.84 Å². The van der Waals surface area contributed by atoms with Crippen molar-refractivity contribution in [1.82, 2.24) is 0 Å². The summed E-state index contributed by atoms with van der Waals surface area (Å²) in [6, 6.07) is 7.22. The van der Waals surface area contributed by atoms with Gasteiger partial charge in [-0.1, -0.05) is 53.1 Å². The summed E-state index contributed by atoms with van der Waals surface area (Å²) >= 11 is 2.30. The summed E-state index contributed by atoms with van der Waals surface area (Å²) in [4.78, 5) is 0.483. The zero-order valence-corrected chi connectivity index (χ0v) is 12.9. The van der Waals surface area contributed by atoms with Crippen LogP contribution in [0, 0.1) is 6.92 Å². The van der Waals surface area contributed by atoms with Crippen LogP contribution >= 0.6 is 22.6 Å². The molecule has 0 bridgehead atoms. The second kappa shape index (κ2) is 5.26. The van der Waals surface area contributed by atoms with Crippen molar-refractivity contribution in [2.75, 3.05) is 0 Å². The molecule has 2 rings (SSSR count). The fraction of sp³-hybridized carbons (Fsp3) is 0.538. The largest absolute Gasteiger partial charge is 0.223 e. The number of halogens is 1. The zero-order valence-electron chi connectivity index (χ0n) is 9.90. The third-order valence-electron chi connectivity index (χ3n) is 3.37. The molecule has 1 aliphatic rings. The van der Waals surface area contributed by atoms with E-state index in [4.69, 9.17) is 0 Å². The molecule has 0 radical (unpaired) electrons. The lowest BCUT2D eigenvalue weighted by Gasteiger charge is -2.27. The van der Waals surface area contributed by atoms with Gasteiger partial charge in [-0.05, 0) is 31.9 Å². The Kier molecular flexibility index (Phi) is 4.13. The van der Waals surface area contributed by atoms with Crippen LogP contribution in [-0.4, -0.2) is 17.6 Å². The van der Waals surface area contributed by atoms with Crippen molar-refractivity contribution in [1.29, 1.82) is 0 Å². The first-order valence-electron chi connectivity index (χ1n) is 5.96. The van der Waals surface area contributed by atoms with Gasteiger partial charge in [-0.3, -0.25) is 0 Å². The topological polar surface area (TPSA) is 34.1 Å². The Morgan fingerprint density at radius 1 is 1.12 bits per heavy atom. The number of hydrogen-bond acceptors (Lipinski definition) is 2. The van der Waals surface area contributed by atoms with E-state index in [0.717, 1.165) is 31.2 Å². The van der Waals surface area contributed by atoms with E-state index in [-0.39, 0.29) is 9.17 Å². The van der Waals surface area contributed by atoms with Gasteiger partial charge in [-0.15, -0.1) is 0 Å². The average Bonchev–Trinajstić information content (AvgIpc) is 2.30. The van der Waals surface area contributed by atoms with Crippen molar-refractivity contribution in [2.24, 2.45) is 0 Å². The second-order valence-electron chi connectivity index (χ2n) is 4.70. The number of benzene rings is 1. The molecular formula is C13H17IO2S. The van der Waals surface area contributed by atoms with Gasteiger partial charge in [0.2, 0.25) is 0 Å². The molecule has 4 heteroatoms. The molecule has 2 nitrogen and oxygen atoms in total. The summed E-state index contributed by atoms with van der Waals surface area (Å²) in [5.41, 5.74) is 1.10. The van der Waals surface area contributed by atoms with Gasteiger partial charge in [-0.25, -0.2) is 8.42 Å². The number of aryl methyl sites for hydroxylation is 1. The highest BCUT2D eigenvalue weighted by molar-refractivity contribution is 14.1. The smallest absolute Gasteiger partial charge is 0.182 e. The summed E-state index contributed by atoms with van der Waals surface area (Å²) in [6.45, 7) is 1.97. The molecule has 1 aliphatic carbocycles. The maximum Gasteiger partial charge on any atom is 0.182 e. The van der Waals surface area contributed by atoms with Gasteiger partial charge in [-0.2, -0.15) is 0 Å². The molecule has 0 saturated heterocycles. The quantitative estimate of drug-likeness (QED) is 0.595. The standard InChI is InChI=1S/C13H17IO2S/c1-10-6-8-11(9-7-10)17(15,16)13-5-3-2-4-12(13)14/h6-9,12-13H,2-5H2,1H3. The normalized spacial score (nSPS) is 25.8. The number of rotatable bonds is 2. The predicted molar refractivity (Wildman–Crippen MR) is 78.4 cm³/mol. The van der Waals surface area contributed by atoms with Gasteiger partial charge >= 0.3 is 0 Å². The van der Waals surface area contributed by atoms with Gasteiger partial charge < -0.3 is 0 Å². The Morgan fingerprint density at radius 3 is 2.29 bits per heavy atom. The van der Waals surface area contributed by atoms with Crippen molar-refractivity contribution in [3.8, 4) is 0 Å². The molecule has 2 atom stereocenters. The third kappa shape index (κ3) is 2.84. The first kappa shape index (κ1) is 13.3. The first-order valence-corrected chi connectivity index (χ1v) is 8.75. The third-order valence-corrected chi connectivity index (χ3v) is 7.64. The molecule has 0 N–H and O–H groups in total. The molecule has 17 heavy (non-hydrogen) atoms. The highest BCUT2D eigenvalue weighted by Gasteiger charge is 2.34. The molecule has 0 aliphatic heterocycles. The molecule has 1 saturated carbocycles. The van der Waals surface area contributed by atoms with Crippen molar-refractivity contribution < 1.29 is 8.42 Å². The van der Waals surface area contributed by atoms with E-state index in [9.17, 15) is 8.42 Å². The monoisotopic (exact) mass is 364 g/mol. The second-order valence-corrected chi connectivity index (χ2v) is 8.46. The van der Waals surface area contributed by atoms with Crippen LogP contribution in [0.4, 0.5) is 0 Å². The van der Waals surface area contributed by atoms with Gasteiger partial charge in [0, 0.05) is 3.92 Å². The molecule has 0 aromatic heterocycles. The van der Waals surface area contributed by atoms with Gasteiger partial charge in [0.25, 0.3) is 0 Å². The minimum Gasteiger partial charge on any atom is -0.223 e. The first-order chi connectivity index (χ1) is 8.01. The molecule has 0 amide bonds. The molecule has 0 spiro atoms. The zero-order chi connectivity index (χ0) is 12.5. The highest BCUT2D eigenvalue weighted by atomic mass is 127. The van der Waals surface area contributed by atoms with Crippen LogP contribution in [0.1, 0.15) is 31.2 Å². The molecule has 94 valence electrons. The SMILES string of the molecule is Cc1ccc(S(=O)(=O)C2CCCCC2I)cc1. The Morgan fingerprint density at radius 2 is 1.71 bits per heavy atom. The van der Waals surface area contributed by atoms with Crippen LogP contribution in [0.5, 0.6) is 0 Å². The minimum atomic E-state index is -3.14. The van der Waals surface area contributed by atoms with Crippen molar-refractivity contribution in [2.45, 2.75) is 46.7 Å². The van der Waals surface area contributed by atoms with Crippen LogP contribution in [0.3, 0.4) is 0 Å². The van der Waals surface area contributed by atoms with Gasteiger partial charge in [0.15, 0.2) is 9.84 Å². The molecule has 1 aromatic carbocycles. The van der Waals surface area contributed by atoms with E-state index in [1.165, 1.54) is 0 Å². The van der Waals surface area contributed by atoms with Gasteiger partial charge in [0.05, 0.1) is 10.1 Å². The predicted octanol–water partition coefficient (Wildman–Crippen LogP) is 3.51. The van der Waals surface area contributed by atoms with E-state index in [1.807, 2.05) is 19.1 Å². The Balaban J connectivity index is 2.32. The number of sulfone groups is 1. The summed E-state index contributed by atoms with van der Waals surface area (Å²) in [7, 11) is -3.14. The Bertz CT molecular complexity index is 479. The van der Waals surface area contributed by atoms with Gasteiger partial charge in [0.1, 0.15) is 0 Å². The minimum absolute atomic E-state index is 0.195. The molecule has 2 unspecified atom stereocenters. The summed E-state index contributed by atoms with van der Waals surface area (Å²) in [5.74, 6) is 0. The molecular weight excluding hydrogens is 347 g/mol. The lowest BCUT2D eigenvalue weighted by atomic mass is 10.0. The van der Waals surface area contributed by atoms with Crippen LogP contribution in [0.2, 0.25) is 0 Å². The Labute approximate surface area is 117 Å². The van der Waals surface area contributed by atoms with E-state index in [1.54, 1.807) is 12.1 Å². The van der Waals surface area contributed by atoms with Crippen LogP contribution in [0.25, 0.3) is 0 Å². The lowest BCUT2D eigenvalue weighted by Crippen LogP contribution is -2.33. The van der Waals surface area contributed by atoms with Crippen molar-refractivity contribution >= 4 is 32.4 Å². The fourth-order valence-corrected chi connectivity index (χ4v) is 6.13. The van der Waals surface area contributed by atoms with E-state index < -0.39 is 9.84 Å². The molecule has 1 fully saturated rings. The fourth-order valence-electron chi connectivity index (χ4n) is 2.30. The Hall–Kier alpha value is -0.100. The van der Waals surface area contributed by atoms with Crippen molar-refractivity contribution in [3.05, 3.63) is 29.8 Å². The lowest BCUT2D eigenvalue weighted by molar-refractivity contribution is 0.502. The number of hydrogen-bond donors (Lipinski definition) is 0. The van der Waals surface area contributed by atoms with E-state index in [0.29, 0.717) is 4.90 Å².